The molecule has 1 saturated carbocycles. The summed E-state index contributed by atoms with van der Waals surface area (Å²) in [6, 6.07) is 0.456. The van der Waals surface area contributed by atoms with Gasteiger partial charge in [0.25, 0.3) is 0 Å². The van der Waals surface area contributed by atoms with E-state index in [1.54, 1.807) is 27.2 Å². The molecule has 2 rings (SSSR count). The summed E-state index contributed by atoms with van der Waals surface area (Å²) >= 11 is 0. The molecule has 1 atom stereocenters. The minimum Gasteiger partial charge on any atom is -0.331 e. The topological polar surface area (TPSA) is 55.2 Å². The van der Waals surface area contributed by atoms with Crippen LogP contribution < -0.4 is 0 Å². The molecule has 90 valence electrons. The average molecular weight is 243 g/mol. The van der Waals surface area contributed by atoms with Crippen LogP contribution in [0.3, 0.4) is 0 Å². The van der Waals surface area contributed by atoms with Gasteiger partial charge in [0, 0.05) is 32.5 Å². The summed E-state index contributed by atoms with van der Waals surface area (Å²) in [7, 11) is -0.174. The van der Waals surface area contributed by atoms with E-state index in [-0.39, 0.29) is 0 Å². The van der Waals surface area contributed by atoms with Gasteiger partial charge in [-0.1, -0.05) is 0 Å². The van der Waals surface area contributed by atoms with Crippen molar-refractivity contribution < 1.29 is 8.42 Å². The largest absolute Gasteiger partial charge is 0.331 e. The maximum atomic E-state index is 12.0. The van der Waals surface area contributed by atoms with E-state index in [9.17, 15) is 8.42 Å². The highest BCUT2D eigenvalue weighted by atomic mass is 32.2. The van der Waals surface area contributed by atoms with E-state index in [1.165, 1.54) is 4.31 Å². The number of nitrogens with zero attached hydrogens (tertiary/aromatic N) is 3. The predicted octanol–water partition coefficient (Wildman–Crippen LogP) is 1.17. The first-order valence-electron chi connectivity index (χ1n) is 5.38. The van der Waals surface area contributed by atoms with E-state index in [4.69, 9.17) is 0 Å². The summed E-state index contributed by atoms with van der Waals surface area (Å²) in [4.78, 5) is 4.18. The van der Waals surface area contributed by atoms with Crippen LogP contribution >= 0.6 is 0 Å². The van der Waals surface area contributed by atoms with Crippen molar-refractivity contribution >= 4 is 10.0 Å². The third kappa shape index (κ3) is 1.87. The molecular formula is C10H17N3O2S. The van der Waals surface area contributed by atoms with Gasteiger partial charge < -0.3 is 4.57 Å². The van der Waals surface area contributed by atoms with E-state index in [2.05, 4.69) is 4.98 Å². The van der Waals surface area contributed by atoms with Crippen LogP contribution in [0, 0.1) is 0 Å². The van der Waals surface area contributed by atoms with Crippen LogP contribution in [-0.4, -0.2) is 36.4 Å². The molecule has 1 aromatic rings. The molecule has 5 nitrogen and oxygen atoms in total. The Bertz CT molecular complexity index is 474. The maximum absolute atomic E-state index is 12.0. The zero-order chi connectivity index (χ0) is 11.9. The third-order valence-corrected chi connectivity index (χ3v) is 5.08. The fourth-order valence-corrected chi connectivity index (χ4v) is 2.83. The number of imidazole rings is 1. The normalized spacial score (nSPS) is 19.0. The first-order valence-corrected chi connectivity index (χ1v) is 6.89. The molecule has 1 aliphatic carbocycles. The van der Waals surface area contributed by atoms with Gasteiger partial charge in [0.05, 0.1) is 0 Å². The lowest BCUT2D eigenvalue weighted by Gasteiger charge is -2.18. The Hall–Kier alpha value is -0.880. The lowest BCUT2D eigenvalue weighted by Crippen LogP contribution is -2.28. The minimum atomic E-state index is -3.28. The molecule has 1 aromatic heterocycles. The highest BCUT2D eigenvalue weighted by molar-refractivity contribution is 7.89. The molecule has 0 aromatic carbocycles. The smallest absolute Gasteiger partial charge is 0.223 e. The van der Waals surface area contributed by atoms with E-state index >= 15 is 0 Å². The highest BCUT2D eigenvalue weighted by Gasteiger charge is 2.33. The van der Waals surface area contributed by atoms with Crippen LogP contribution in [0.1, 0.15) is 36.9 Å². The van der Waals surface area contributed by atoms with Crippen molar-refractivity contribution in [1.29, 1.82) is 0 Å². The average Bonchev–Trinajstić information content (AvgIpc) is 2.95. The Balaban J connectivity index is 2.33. The van der Waals surface area contributed by atoms with Gasteiger partial charge in [-0.15, -0.1) is 0 Å². The molecule has 1 aliphatic rings. The van der Waals surface area contributed by atoms with Crippen molar-refractivity contribution in [2.75, 3.05) is 14.1 Å². The lowest BCUT2D eigenvalue weighted by molar-refractivity contribution is 0.503. The molecule has 0 saturated heterocycles. The summed E-state index contributed by atoms with van der Waals surface area (Å²) < 4.78 is 27.2. The Morgan fingerprint density at radius 2 is 2.12 bits per heavy atom. The van der Waals surface area contributed by atoms with Crippen LogP contribution in [-0.2, 0) is 10.0 Å². The van der Waals surface area contributed by atoms with Crippen LogP contribution in [0.5, 0.6) is 0 Å². The van der Waals surface area contributed by atoms with Gasteiger partial charge >= 0.3 is 0 Å². The van der Waals surface area contributed by atoms with Crippen molar-refractivity contribution in [3.63, 3.8) is 0 Å². The molecule has 6 heteroatoms. The third-order valence-electron chi connectivity index (χ3n) is 2.96. The molecule has 0 bridgehead atoms. The van der Waals surface area contributed by atoms with Gasteiger partial charge in [-0.25, -0.2) is 17.7 Å². The second kappa shape index (κ2) is 3.85. The van der Waals surface area contributed by atoms with E-state index in [0.717, 1.165) is 12.8 Å². The molecule has 0 unspecified atom stereocenters. The standard InChI is InChI=1S/C10H17N3O2S/c1-8(16(14,15)12(2)3)10-11-6-7-13(10)9-4-5-9/h6-9H,4-5H2,1-3H3/t8-/m1/s1. The number of sulfonamides is 1. The summed E-state index contributed by atoms with van der Waals surface area (Å²) in [5.74, 6) is 0.649. The van der Waals surface area contributed by atoms with E-state index in [1.807, 2.05) is 10.8 Å². The Kier molecular flexibility index (Phi) is 2.79. The second-order valence-corrected chi connectivity index (χ2v) is 6.86. The van der Waals surface area contributed by atoms with Crippen LogP contribution in [0.2, 0.25) is 0 Å². The number of hydrogen-bond acceptors (Lipinski definition) is 3. The first-order chi connectivity index (χ1) is 7.44. The Labute approximate surface area is 96.1 Å². The molecule has 0 radical (unpaired) electrons. The second-order valence-electron chi connectivity index (χ2n) is 4.39. The van der Waals surface area contributed by atoms with Gasteiger partial charge in [0.15, 0.2) is 0 Å². The van der Waals surface area contributed by atoms with Crippen molar-refractivity contribution in [2.24, 2.45) is 0 Å². The Morgan fingerprint density at radius 3 is 2.62 bits per heavy atom. The zero-order valence-corrected chi connectivity index (χ0v) is 10.6. The quantitative estimate of drug-likeness (QED) is 0.797. The van der Waals surface area contributed by atoms with Crippen molar-refractivity contribution in [1.82, 2.24) is 13.9 Å². The maximum Gasteiger partial charge on any atom is 0.223 e. The molecular weight excluding hydrogens is 226 g/mol. The monoisotopic (exact) mass is 243 g/mol. The SMILES string of the molecule is C[C@H](c1nccn1C1CC1)S(=O)(=O)N(C)C. The molecule has 0 amide bonds. The number of aromatic nitrogens is 2. The van der Waals surface area contributed by atoms with Crippen molar-refractivity contribution in [3.8, 4) is 0 Å². The van der Waals surface area contributed by atoms with E-state index < -0.39 is 15.3 Å². The predicted molar refractivity (Wildman–Crippen MR) is 61.5 cm³/mol. The molecule has 1 heterocycles. The van der Waals surface area contributed by atoms with Gasteiger partial charge in [-0.05, 0) is 19.8 Å². The molecule has 16 heavy (non-hydrogen) atoms. The summed E-state index contributed by atoms with van der Waals surface area (Å²) in [5.41, 5.74) is 0. The first kappa shape index (κ1) is 11.6. The van der Waals surface area contributed by atoms with E-state index in [0.29, 0.717) is 11.9 Å². The minimum absolute atomic E-state index is 0.456. The fraction of sp³-hybridized carbons (Fsp3) is 0.700. The van der Waals surface area contributed by atoms with Crippen molar-refractivity contribution in [3.05, 3.63) is 18.2 Å². The van der Waals surface area contributed by atoms with Crippen molar-refractivity contribution in [2.45, 2.75) is 31.1 Å². The van der Waals surface area contributed by atoms with Gasteiger partial charge in [0.1, 0.15) is 11.1 Å². The summed E-state index contributed by atoms with van der Waals surface area (Å²) in [5, 5.41) is -0.585. The fourth-order valence-electron chi connectivity index (χ4n) is 1.75. The molecule has 0 aliphatic heterocycles. The number of hydrogen-bond donors (Lipinski definition) is 0. The summed E-state index contributed by atoms with van der Waals surface area (Å²) in [6.45, 7) is 1.69. The molecule has 0 spiro atoms. The van der Waals surface area contributed by atoms with Crippen LogP contribution in [0.25, 0.3) is 0 Å². The lowest BCUT2D eigenvalue weighted by atomic mass is 10.4. The van der Waals surface area contributed by atoms with Gasteiger partial charge in [-0.2, -0.15) is 0 Å². The van der Waals surface area contributed by atoms with Crippen LogP contribution in [0.15, 0.2) is 12.4 Å². The van der Waals surface area contributed by atoms with Gasteiger partial charge in [-0.3, -0.25) is 0 Å². The zero-order valence-electron chi connectivity index (χ0n) is 9.79. The molecule has 0 N–H and O–H groups in total. The van der Waals surface area contributed by atoms with Crippen LogP contribution in [0.4, 0.5) is 0 Å². The van der Waals surface area contributed by atoms with Gasteiger partial charge in [0.2, 0.25) is 10.0 Å². The number of rotatable bonds is 4. The highest BCUT2D eigenvalue weighted by Crippen LogP contribution is 2.37. The Morgan fingerprint density at radius 1 is 1.50 bits per heavy atom. The molecule has 1 fully saturated rings. The summed E-state index contributed by atoms with van der Waals surface area (Å²) in [6.07, 6.45) is 5.79.